The number of hydrogen-bond acceptors (Lipinski definition) is 4. The molecule has 19 heavy (non-hydrogen) atoms. The minimum absolute atomic E-state index is 0.200. The molecule has 0 saturated heterocycles. The molecule has 1 aromatic rings. The summed E-state index contributed by atoms with van der Waals surface area (Å²) in [5, 5.41) is 4.07. The number of amides is 1. The van der Waals surface area contributed by atoms with E-state index in [1.54, 1.807) is 6.07 Å². The van der Waals surface area contributed by atoms with Crippen molar-refractivity contribution in [1.29, 1.82) is 0 Å². The van der Waals surface area contributed by atoms with E-state index in [1.165, 1.54) is 0 Å². The molecule has 1 amide bonds. The molecule has 1 heterocycles. The Balaban J connectivity index is 1.97. The summed E-state index contributed by atoms with van der Waals surface area (Å²) in [7, 11) is 0. The molecule has 102 valence electrons. The molecule has 5 nitrogen and oxygen atoms in total. The fourth-order valence-corrected chi connectivity index (χ4v) is 1.76. The lowest BCUT2D eigenvalue weighted by Crippen LogP contribution is -2.42. The SMILES string of the molecule is CCC(CC)=NNC(=O)C1COc2ccccc2O1. The summed E-state index contributed by atoms with van der Waals surface area (Å²) in [6.45, 7) is 4.21. The number of benzene rings is 1. The van der Waals surface area contributed by atoms with Crippen molar-refractivity contribution in [1.82, 2.24) is 5.43 Å². The van der Waals surface area contributed by atoms with Crippen molar-refractivity contribution in [3.63, 3.8) is 0 Å². The molecule has 1 aromatic carbocycles. The molecule has 0 spiro atoms. The van der Waals surface area contributed by atoms with E-state index in [0.717, 1.165) is 18.6 Å². The summed E-state index contributed by atoms with van der Waals surface area (Å²) in [5.41, 5.74) is 3.48. The summed E-state index contributed by atoms with van der Waals surface area (Å²) in [5.74, 6) is 0.968. The summed E-state index contributed by atoms with van der Waals surface area (Å²) in [6.07, 6.45) is 0.983. The molecular weight excluding hydrogens is 244 g/mol. The first-order valence-electron chi connectivity index (χ1n) is 6.48. The largest absolute Gasteiger partial charge is 0.485 e. The number of hydrazone groups is 1. The van der Waals surface area contributed by atoms with Gasteiger partial charge in [-0.2, -0.15) is 5.10 Å². The third-order valence-corrected chi connectivity index (χ3v) is 2.94. The van der Waals surface area contributed by atoms with Crippen molar-refractivity contribution in [2.24, 2.45) is 5.10 Å². The monoisotopic (exact) mass is 262 g/mol. The highest BCUT2D eigenvalue weighted by Crippen LogP contribution is 2.30. The van der Waals surface area contributed by atoms with Crippen molar-refractivity contribution in [3.05, 3.63) is 24.3 Å². The molecule has 0 fully saturated rings. The van der Waals surface area contributed by atoms with Gasteiger partial charge in [0.1, 0.15) is 6.61 Å². The van der Waals surface area contributed by atoms with Crippen LogP contribution in [0.1, 0.15) is 26.7 Å². The normalized spacial score (nSPS) is 16.6. The molecule has 0 saturated carbocycles. The van der Waals surface area contributed by atoms with Crippen LogP contribution >= 0.6 is 0 Å². The smallest absolute Gasteiger partial charge is 0.284 e. The maximum atomic E-state index is 11.9. The first kappa shape index (κ1) is 13.4. The lowest BCUT2D eigenvalue weighted by Gasteiger charge is -2.24. The van der Waals surface area contributed by atoms with Gasteiger partial charge >= 0.3 is 0 Å². The second kappa shape index (κ2) is 6.22. The van der Waals surface area contributed by atoms with Gasteiger partial charge in [0, 0.05) is 5.71 Å². The Kier molecular flexibility index (Phi) is 4.39. The number of para-hydroxylation sites is 2. The predicted molar refractivity (Wildman–Crippen MR) is 72.5 cm³/mol. The highest BCUT2D eigenvalue weighted by Gasteiger charge is 2.27. The van der Waals surface area contributed by atoms with Gasteiger partial charge in [0.05, 0.1) is 0 Å². The maximum Gasteiger partial charge on any atom is 0.284 e. The summed E-state index contributed by atoms with van der Waals surface area (Å²) in [6, 6.07) is 7.30. The molecule has 0 radical (unpaired) electrons. The molecular formula is C14H18N2O3. The van der Waals surface area contributed by atoms with Crippen LogP contribution in [0.5, 0.6) is 11.5 Å². The summed E-state index contributed by atoms with van der Waals surface area (Å²) >= 11 is 0. The van der Waals surface area contributed by atoms with Crippen LogP contribution < -0.4 is 14.9 Å². The Morgan fingerprint density at radius 1 is 1.32 bits per heavy atom. The molecule has 2 rings (SSSR count). The Labute approximate surface area is 112 Å². The van der Waals surface area contributed by atoms with E-state index in [9.17, 15) is 4.79 Å². The fourth-order valence-electron chi connectivity index (χ4n) is 1.76. The summed E-state index contributed by atoms with van der Waals surface area (Å²) in [4.78, 5) is 11.9. The van der Waals surface area contributed by atoms with Crippen molar-refractivity contribution in [2.45, 2.75) is 32.8 Å². The van der Waals surface area contributed by atoms with Crippen LogP contribution in [-0.4, -0.2) is 24.3 Å². The quantitative estimate of drug-likeness (QED) is 0.668. The van der Waals surface area contributed by atoms with E-state index in [2.05, 4.69) is 10.5 Å². The van der Waals surface area contributed by atoms with Crippen LogP contribution in [0, 0.1) is 0 Å². The lowest BCUT2D eigenvalue weighted by atomic mass is 10.2. The molecule has 1 atom stereocenters. The molecule has 1 N–H and O–H groups in total. The molecule has 0 aromatic heterocycles. The average Bonchev–Trinajstić information content (AvgIpc) is 2.47. The number of fused-ring (bicyclic) bond motifs is 1. The van der Waals surface area contributed by atoms with Crippen LogP contribution in [0.2, 0.25) is 0 Å². The highest BCUT2D eigenvalue weighted by atomic mass is 16.6. The zero-order valence-electron chi connectivity index (χ0n) is 11.2. The zero-order chi connectivity index (χ0) is 13.7. The highest BCUT2D eigenvalue weighted by molar-refractivity contribution is 5.87. The summed E-state index contributed by atoms with van der Waals surface area (Å²) < 4.78 is 11.1. The minimum Gasteiger partial charge on any atom is -0.485 e. The van der Waals surface area contributed by atoms with Crippen LogP contribution in [-0.2, 0) is 4.79 Å². The van der Waals surface area contributed by atoms with Gasteiger partial charge in [0.2, 0.25) is 6.10 Å². The number of nitrogens with zero attached hydrogens (tertiary/aromatic N) is 1. The van der Waals surface area contributed by atoms with E-state index in [-0.39, 0.29) is 12.5 Å². The lowest BCUT2D eigenvalue weighted by molar-refractivity contribution is -0.130. The van der Waals surface area contributed by atoms with Gasteiger partial charge in [-0.15, -0.1) is 0 Å². The number of carbonyl (C=O) groups is 1. The van der Waals surface area contributed by atoms with E-state index < -0.39 is 6.10 Å². The minimum atomic E-state index is -0.659. The standard InChI is InChI=1S/C14H18N2O3/c1-3-10(4-2)15-16-14(17)13-9-18-11-7-5-6-8-12(11)19-13/h5-8,13H,3-4,9H2,1-2H3,(H,16,17). The van der Waals surface area contributed by atoms with Gasteiger partial charge in [-0.25, -0.2) is 5.43 Å². The van der Waals surface area contributed by atoms with Crippen molar-refractivity contribution in [2.75, 3.05) is 6.61 Å². The number of rotatable bonds is 4. The zero-order valence-corrected chi connectivity index (χ0v) is 11.2. The molecule has 0 aliphatic carbocycles. The van der Waals surface area contributed by atoms with E-state index in [4.69, 9.17) is 9.47 Å². The molecule has 0 bridgehead atoms. The molecule has 1 aliphatic heterocycles. The van der Waals surface area contributed by atoms with Crippen molar-refractivity contribution < 1.29 is 14.3 Å². The van der Waals surface area contributed by atoms with E-state index in [1.807, 2.05) is 32.0 Å². The van der Waals surface area contributed by atoms with Gasteiger partial charge in [0.25, 0.3) is 5.91 Å². The maximum absolute atomic E-state index is 11.9. The van der Waals surface area contributed by atoms with Gasteiger partial charge in [-0.1, -0.05) is 26.0 Å². The van der Waals surface area contributed by atoms with Crippen molar-refractivity contribution in [3.8, 4) is 11.5 Å². The second-order valence-electron chi connectivity index (χ2n) is 4.23. The first-order chi connectivity index (χ1) is 9.24. The fraction of sp³-hybridized carbons (Fsp3) is 0.429. The second-order valence-corrected chi connectivity index (χ2v) is 4.23. The Morgan fingerprint density at radius 2 is 2.00 bits per heavy atom. The Hall–Kier alpha value is -2.04. The average molecular weight is 262 g/mol. The molecule has 5 heteroatoms. The molecule has 1 unspecified atom stereocenters. The number of ether oxygens (including phenoxy) is 2. The number of carbonyl (C=O) groups excluding carboxylic acids is 1. The topological polar surface area (TPSA) is 59.9 Å². The van der Waals surface area contributed by atoms with E-state index in [0.29, 0.717) is 11.5 Å². The van der Waals surface area contributed by atoms with Gasteiger partial charge in [-0.05, 0) is 25.0 Å². The first-order valence-corrected chi connectivity index (χ1v) is 6.48. The third-order valence-electron chi connectivity index (χ3n) is 2.94. The third kappa shape index (κ3) is 3.24. The van der Waals surface area contributed by atoms with Crippen LogP contribution in [0.3, 0.4) is 0 Å². The van der Waals surface area contributed by atoms with Gasteiger partial charge < -0.3 is 9.47 Å². The van der Waals surface area contributed by atoms with Crippen molar-refractivity contribution >= 4 is 11.6 Å². The van der Waals surface area contributed by atoms with Crippen LogP contribution in [0.25, 0.3) is 0 Å². The Bertz CT molecular complexity index is 479. The van der Waals surface area contributed by atoms with Crippen LogP contribution in [0.15, 0.2) is 29.4 Å². The van der Waals surface area contributed by atoms with E-state index >= 15 is 0 Å². The van der Waals surface area contributed by atoms with Gasteiger partial charge in [-0.3, -0.25) is 4.79 Å². The van der Waals surface area contributed by atoms with Crippen LogP contribution in [0.4, 0.5) is 0 Å². The Morgan fingerprint density at radius 3 is 2.68 bits per heavy atom. The predicted octanol–water partition coefficient (Wildman–Crippen LogP) is 2.12. The number of nitrogens with one attached hydrogen (secondary N) is 1. The molecule has 1 aliphatic rings. The van der Waals surface area contributed by atoms with Gasteiger partial charge in [0.15, 0.2) is 11.5 Å². The number of hydrogen-bond donors (Lipinski definition) is 1.